The van der Waals surface area contributed by atoms with Gasteiger partial charge in [0.05, 0.1) is 17.6 Å². The number of nitrogens with one attached hydrogen (secondary N) is 2. The normalized spacial score (nSPS) is 11.0. The fourth-order valence-electron chi connectivity index (χ4n) is 3.24. The lowest BCUT2D eigenvalue weighted by atomic mass is 10.1. The number of fused-ring (bicyclic) bond motifs is 1. The van der Waals surface area contributed by atoms with Crippen molar-refractivity contribution in [2.45, 2.75) is 40.3 Å². The van der Waals surface area contributed by atoms with E-state index in [1.165, 1.54) is 0 Å². The van der Waals surface area contributed by atoms with E-state index in [0.717, 1.165) is 33.7 Å². The molecule has 0 radical (unpaired) electrons. The fourth-order valence-corrected chi connectivity index (χ4v) is 3.24. The molecule has 0 fully saturated rings. The van der Waals surface area contributed by atoms with Crippen molar-refractivity contribution in [1.82, 2.24) is 19.8 Å². The summed E-state index contributed by atoms with van der Waals surface area (Å²) in [5.41, 5.74) is 5.12. The van der Waals surface area contributed by atoms with Gasteiger partial charge in [0, 0.05) is 31.4 Å². The zero-order valence-corrected chi connectivity index (χ0v) is 18.4. The van der Waals surface area contributed by atoms with Crippen LogP contribution in [0, 0.1) is 13.8 Å². The van der Waals surface area contributed by atoms with E-state index in [9.17, 15) is 9.59 Å². The summed E-state index contributed by atoms with van der Waals surface area (Å²) in [5.74, 6) is 0.620. The SMILES string of the molecule is Cc1ccc(C)c(NC(=O)N(C)Cc2nc3cc(C(=O)NC(C)C)ccc3n2C)c1. The van der Waals surface area contributed by atoms with Crippen molar-refractivity contribution >= 4 is 28.7 Å². The van der Waals surface area contributed by atoms with Crippen LogP contribution in [0.3, 0.4) is 0 Å². The molecule has 0 aliphatic rings. The third kappa shape index (κ3) is 4.62. The molecule has 3 amide bonds. The maximum atomic E-state index is 12.7. The van der Waals surface area contributed by atoms with Crippen LogP contribution in [0.4, 0.5) is 10.5 Å². The molecule has 2 aromatic carbocycles. The summed E-state index contributed by atoms with van der Waals surface area (Å²) in [6.45, 7) is 8.15. The Balaban J connectivity index is 1.77. The van der Waals surface area contributed by atoms with Crippen LogP contribution in [-0.4, -0.2) is 39.5 Å². The second-order valence-corrected chi connectivity index (χ2v) is 8.02. The molecule has 0 atom stereocenters. The number of carbonyl (C=O) groups excluding carboxylic acids is 2. The third-order valence-electron chi connectivity index (χ3n) is 5.02. The molecule has 0 aliphatic carbocycles. The van der Waals surface area contributed by atoms with Gasteiger partial charge in [0.1, 0.15) is 5.82 Å². The van der Waals surface area contributed by atoms with Gasteiger partial charge in [-0.15, -0.1) is 0 Å². The van der Waals surface area contributed by atoms with E-state index in [1.54, 1.807) is 24.1 Å². The molecule has 3 aromatic rings. The summed E-state index contributed by atoms with van der Waals surface area (Å²) in [6, 6.07) is 11.3. The molecule has 7 nitrogen and oxygen atoms in total. The van der Waals surface area contributed by atoms with Crippen LogP contribution in [0.1, 0.15) is 41.2 Å². The van der Waals surface area contributed by atoms with Gasteiger partial charge in [-0.1, -0.05) is 12.1 Å². The Morgan fingerprint density at radius 1 is 1.13 bits per heavy atom. The molecule has 7 heteroatoms. The predicted octanol–water partition coefficient (Wildman–Crippen LogP) is 3.99. The molecule has 0 saturated heterocycles. The lowest BCUT2D eigenvalue weighted by Gasteiger charge is -2.19. The van der Waals surface area contributed by atoms with Gasteiger partial charge in [0.25, 0.3) is 5.91 Å². The summed E-state index contributed by atoms with van der Waals surface area (Å²) in [4.78, 5) is 31.2. The highest BCUT2D eigenvalue weighted by molar-refractivity contribution is 5.97. The molecule has 0 bridgehead atoms. The lowest BCUT2D eigenvalue weighted by Crippen LogP contribution is -2.32. The second kappa shape index (κ2) is 8.57. The van der Waals surface area contributed by atoms with Crippen molar-refractivity contribution in [2.75, 3.05) is 12.4 Å². The Labute approximate surface area is 177 Å². The molecule has 0 unspecified atom stereocenters. The van der Waals surface area contributed by atoms with Crippen LogP contribution in [0.2, 0.25) is 0 Å². The Bertz CT molecular complexity index is 1100. The molecule has 0 aliphatic heterocycles. The number of rotatable bonds is 5. The van der Waals surface area contributed by atoms with Crippen LogP contribution >= 0.6 is 0 Å². The average Bonchev–Trinajstić information content (AvgIpc) is 2.99. The highest BCUT2D eigenvalue weighted by Crippen LogP contribution is 2.19. The minimum atomic E-state index is -0.201. The third-order valence-corrected chi connectivity index (χ3v) is 5.02. The average molecular weight is 408 g/mol. The Morgan fingerprint density at radius 2 is 1.87 bits per heavy atom. The van der Waals surface area contributed by atoms with Gasteiger partial charge in [0.15, 0.2) is 0 Å². The Morgan fingerprint density at radius 3 is 2.57 bits per heavy atom. The van der Waals surface area contributed by atoms with E-state index >= 15 is 0 Å². The van der Waals surface area contributed by atoms with Crippen LogP contribution in [0.15, 0.2) is 36.4 Å². The lowest BCUT2D eigenvalue weighted by molar-refractivity contribution is 0.0943. The maximum absolute atomic E-state index is 12.7. The molecule has 0 spiro atoms. The smallest absolute Gasteiger partial charge is 0.321 e. The summed E-state index contributed by atoms with van der Waals surface area (Å²) in [6.07, 6.45) is 0. The molecule has 2 N–H and O–H groups in total. The molecule has 30 heavy (non-hydrogen) atoms. The van der Waals surface area contributed by atoms with Gasteiger partial charge in [-0.25, -0.2) is 9.78 Å². The molecule has 158 valence electrons. The van der Waals surface area contributed by atoms with Gasteiger partial charge >= 0.3 is 6.03 Å². The van der Waals surface area contributed by atoms with Crippen LogP contribution in [-0.2, 0) is 13.6 Å². The Kier molecular flexibility index (Phi) is 6.10. The van der Waals surface area contributed by atoms with E-state index in [1.807, 2.05) is 63.6 Å². The number of benzene rings is 2. The number of anilines is 1. The van der Waals surface area contributed by atoms with Gasteiger partial charge in [-0.05, 0) is 63.1 Å². The minimum absolute atomic E-state index is 0.0664. The van der Waals surface area contributed by atoms with Gasteiger partial charge in [-0.2, -0.15) is 0 Å². The van der Waals surface area contributed by atoms with E-state index < -0.39 is 0 Å². The first-order valence-corrected chi connectivity index (χ1v) is 10.0. The summed E-state index contributed by atoms with van der Waals surface area (Å²) in [5, 5.41) is 5.85. The number of aromatic nitrogens is 2. The molecular weight excluding hydrogens is 378 g/mol. The molecule has 1 heterocycles. The second-order valence-electron chi connectivity index (χ2n) is 8.02. The van der Waals surface area contributed by atoms with Crippen molar-refractivity contribution in [3.8, 4) is 0 Å². The number of hydrogen-bond donors (Lipinski definition) is 2. The quantitative estimate of drug-likeness (QED) is 0.671. The summed E-state index contributed by atoms with van der Waals surface area (Å²) >= 11 is 0. The molecule has 3 rings (SSSR count). The highest BCUT2D eigenvalue weighted by atomic mass is 16.2. The fraction of sp³-hybridized carbons (Fsp3) is 0.348. The summed E-state index contributed by atoms with van der Waals surface area (Å²) in [7, 11) is 3.65. The van der Waals surface area contributed by atoms with E-state index in [0.29, 0.717) is 12.1 Å². The van der Waals surface area contributed by atoms with Gasteiger partial charge in [-0.3, -0.25) is 4.79 Å². The molecule has 1 aromatic heterocycles. The van der Waals surface area contributed by atoms with E-state index in [4.69, 9.17) is 0 Å². The van der Waals surface area contributed by atoms with Crippen LogP contribution in [0.25, 0.3) is 11.0 Å². The van der Waals surface area contributed by atoms with Gasteiger partial charge < -0.3 is 20.1 Å². The van der Waals surface area contributed by atoms with Crippen LogP contribution in [0.5, 0.6) is 0 Å². The number of imidazole rings is 1. The number of hydrogen-bond acceptors (Lipinski definition) is 3. The topological polar surface area (TPSA) is 79.3 Å². The van der Waals surface area contributed by atoms with E-state index in [2.05, 4.69) is 15.6 Å². The molecular formula is C23H29N5O2. The standard InChI is InChI=1S/C23H29N5O2/c1-14(2)24-22(29)17-9-10-20-19(12-17)25-21(28(20)6)13-27(5)23(30)26-18-11-15(3)7-8-16(18)4/h7-12,14H,13H2,1-6H3,(H,24,29)(H,26,30). The number of carbonyl (C=O) groups is 2. The minimum Gasteiger partial charge on any atom is -0.350 e. The van der Waals surface area contributed by atoms with Gasteiger partial charge in [0.2, 0.25) is 0 Å². The van der Waals surface area contributed by atoms with Crippen molar-refractivity contribution in [3.63, 3.8) is 0 Å². The molecule has 0 saturated carbocycles. The largest absolute Gasteiger partial charge is 0.350 e. The van der Waals surface area contributed by atoms with Crippen molar-refractivity contribution in [3.05, 3.63) is 58.9 Å². The predicted molar refractivity (Wildman–Crippen MR) is 120 cm³/mol. The monoisotopic (exact) mass is 407 g/mol. The summed E-state index contributed by atoms with van der Waals surface area (Å²) < 4.78 is 1.95. The highest BCUT2D eigenvalue weighted by Gasteiger charge is 2.16. The van der Waals surface area contributed by atoms with Crippen molar-refractivity contribution in [1.29, 1.82) is 0 Å². The number of aryl methyl sites for hydroxylation is 3. The van der Waals surface area contributed by atoms with Crippen molar-refractivity contribution < 1.29 is 9.59 Å². The first-order chi connectivity index (χ1) is 14.2. The number of nitrogens with zero attached hydrogens (tertiary/aromatic N) is 3. The zero-order chi connectivity index (χ0) is 22.0. The first kappa shape index (κ1) is 21.4. The van der Waals surface area contributed by atoms with Crippen LogP contribution < -0.4 is 10.6 Å². The zero-order valence-electron chi connectivity index (χ0n) is 18.4. The van der Waals surface area contributed by atoms with E-state index in [-0.39, 0.29) is 18.0 Å². The number of amides is 3. The Hall–Kier alpha value is -3.35. The first-order valence-electron chi connectivity index (χ1n) is 10.0. The van der Waals surface area contributed by atoms with Crippen molar-refractivity contribution in [2.24, 2.45) is 7.05 Å². The number of urea groups is 1. The maximum Gasteiger partial charge on any atom is 0.321 e.